The molecule has 122 valence electrons. The van der Waals surface area contributed by atoms with Gasteiger partial charge in [-0.1, -0.05) is 22.0 Å². The first-order valence-electron chi connectivity index (χ1n) is 6.86. The fourth-order valence-electron chi connectivity index (χ4n) is 2.01. The van der Waals surface area contributed by atoms with Crippen LogP contribution in [0.1, 0.15) is 5.56 Å². The Hall–Kier alpha value is -1.86. The molecule has 0 saturated heterocycles. The summed E-state index contributed by atoms with van der Waals surface area (Å²) in [6, 6.07) is 11.9. The highest BCUT2D eigenvalue weighted by Gasteiger charge is 2.09. The zero-order valence-electron chi connectivity index (χ0n) is 12.8. The van der Waals surface area contributed by atoms with E-state index >= 15 is 0 Å². The summed E-state index contributed by atoms with van der Waals surface area (Å²) in [5, 5.41) is 5.73. The number of carbonyl (C=O) groups is 1. The van der Waals surface area contributed by atoms with Crippen LogP contribution in [0.3, 0.4) is 0 Å². The van der Waals surface area contributed by atoms with Crippen molar-refractivity contribution < 1.29 is 13.2 Å². The molecule has 0 spiro atoms. The Labute approximate surface area is 144 Å². The number of rotatable bonds is 5. The summed E-state index contributed by atoms with van der Waals surface area (Å²) in [6.07, 6.45) is 1.13. The number of anilines is 2. The van der Waals surface area contributed by atoms with Gasteiger partial charge in [0.25, 0.3) is 0 Å². The van der Waals surface area contributed by atoms with Crippen molar-refractivity contribution in [2.75, 3.05) is 23.4 Å². The van der Waals surface area contributed by atoms with Crippen molar-refractivity contribution in [3.8, 4) is 0 Å². The normalized spacial score (nSPS) is 11.1. The van der Waals surface area contributed by atoms with Crippen molar-refractivity contribution in [3.63, 3.8) is 0 Å². The highest BCUT2D eigenvalue weighted by Crippen LogP contribution is 2.20. The van der Waals surface area contributed by atoms with E-state index in [9.17, 15) is 13.2 Å². The molecule has 0 unspecified atom stereocenters. The Morgan fingerprint density at radius 1 is 1.17 bits per heavy atom. The van der Waals surface area contributed by atoms with Crippen LogP contribution in [-0.4, -0.2) is 27.1 Å². The Morgan fingerprint density at radius 2 is 1.91 bits per heavy atom. The van der Waals surface area contributed by atoms with Crippen LogP contribution in [0.2, 0.25) is 0 Å². The van der Waals surface area contributed by atoms with Gasteiger partial charge in [-0.05, 0) is 48.9 Å². The molecule has 0 saturated carbocycles. The summed E-state index contributed by atoms with van der Waals surface area (Å²) in [4.78, 5) is 12.2. The number of benzene rings is 2. The van der Waals surface area contributed by atoms with Crippen LogP contribution < -0.4 is 10.6 Å². The molecule has 2 N–H and O–H groups in total. The summed E-state index contributed by atoms with van der Waals surface area (Å²) in [6.45, 7) is 2.03. The first-order valence-corrected chi connectivity index (χ1v) is 9.54. The van der Waals surface area contributed by atoms with Crippen LogP contribution in [0.4, 0.5) is 11.4 Å². The maximum Gasteiger partial charge on any atom is 0.243 e. The molecule has 0 aromatic heterocycles. The standard InChI is InChI=1S/C16H17BrN2O3S/c1-11-8-12(17)6-7-15(11)18-10-16(20)19-13-4-3-5-14(9-13)23(2,21)22/h3-9,18H,10H2,1-2H3,(H,19,20). The molecule has 0 fully saturated rings. The van der Waals surface area contributed by atoms with E-state index in [1.54, 1.807) is 12.1 Å². The van der Waals surface area contributed by atoms with Crippen molar-refractivity contribution in [2.45, 2.75) is 11.8 Å². The van der Waals surface area contributed by atoms with Gasteiger partial charge in [-0.25, -0.2) is 8.42 Å². The maximum atomic E-state index is 12.0. The van der Waals surface area contributed by atoms with Crippen molar-refractivity contribution in [2.24, 2.45) is 0 Å². The molecule has 23 heavy (non-hydrogen) atoms. The van der Waals surface area contributed by atoms with Gasteiger partial charge in [0.2, 0.25) is 5.91 Å². The van der Waals surface area contributed by atoms with Crippen molar-refractivity contribution in [1.29, 1.82) is 0 Å². The maximum absolute atomic E-state index is 12.0. The number of sulfone groups is 1. The van der Waals surface area contributed by atoms with Crippen LogP contribution >= 0.6 is 15.9 Å². The summed E-state index contributed by atoms with van der Waals surface area (Å²) in [5.74, 6) is -0.252. The van der Waals surface area contributed by atoms with Crippen molar-refractivity contribution >= 4 is 43.0 Å². The van der Waals surface area contributed by atoms with Crippen molar-refractivity contribution in [1.82, 2.24) is 0 Å². The van der Waals surface area contributed by atoms with E-state index in [4.69, 9.17) is 0 Å². The van der Waals surface area contributed by atoms with Gasteiger partial charge < -0.3 is 10.6 Å². The molecule has 0 radical (unpaired) electrons. The molecule has 0 aliphatic carbocycles. The van der Waals surface area contributed by atoms with E-state index in [0.29, 0.717) is 5.69 Å². The Morgan fingerprint density at radius 3 is 2.57 bits per heavy atom. The van der Waals surface area contributed by atoms with Gasteiger partial charge in [0.1, 0.15) is 0 Å². The SMILES string of the molecule is Cc1cc(Br)ccc1NCC(=O)Nc1cccc(S(C)(=O)=O)c1. The summed E-state index contributed by atoms with van der Waals surface area (Å²) < 4.78 is 24.0. The molecule has 0 aliphatic heterocycles. The fourth-order valence-corrected chi connectivity index (χ4v) is 3.15. The molecule has 1 amide bonds. The molecule has 0 atom stereocenters. The average molecular weight is 397 g/mol. The minimum Gasteiger partial charge on any atom is -0.376 e. The summed E-state index contributed by atoms with van der Waals surface area (Å²) in [5.41, 5.74) is 2.34. The van der Waals surface area contributed by atoms with E-state index in [0.717, 1.165) is 22.0 Å². The lowest BCUT2D eigenvalue weighted by Gasteiger charge is -2.11. The van der Waals surface area contributed by atoms with Gasteiger partial charge in [-0.3, -0.25) is 4.79 Å². The molecule has 2 rings (SSSR count). The Kier molecular flexibility index (Phi) is 5.43. The highest BCUT2D eigenvalue weighted by molar-refractivity contribution is 9.10. The highest BCUT2D eigenvalue weighted by atomic mass is 79.9. The van der Waals surface area contributed by atoms with Gasteiger partial charge >= 0.3 is 0 Å². The second-order valence-corrected chi connectivity index (χ2v) is 8.09. The van der Waals surface area contributed by atoms with E-state index in [1.165, 1.54) is 12.1 Å². The lowest BCUT2D eigenvalue weighted by atomic mass is 10.2. The largest absolute Gasteiger partial charge is 0.376 e. The number of hydrogen-bond donors (Lipinski definition) is 2. The molecule has 2 aromatic rings. The molecule has 0 heterocycles. The number of aryl methyl sites for hydroxylation is 1. The minimum absolute atomic E-state index is 0.0889. The van der Waals surface area contributed by atoms with E-state index in [1.807, 2.05) is 25.1 Å². The number of amides is 1. The van der Waals surface area contributed by atoms with E-state index in [2.05, 4.69) is 26.6 Å². The third kappa shape index (κ3) is 5.07. The number of hydrogen-bond acceptors (Lipinski definition) is 4. The smallest absolute Gasteiger partial charge is 0.243 e. The van der Waals surface area contributed by atoms with Gasteiger partial charge in [0.15, 0.2) is 9.84 Å². The molecule has 7 heteroatoms. The van der Waals surface area contributed by atoms with Crippen molar-refractivity contribution in [3.05, 3.63) is 52.5 Å². The van der Waals surface area contributed by atoms with Crippen LogP contribution in [-0.2, 0) is 14.6 Å². The van der Waals surface area contributed by atoms with E-state index in [-0.39, 0.29) is 17.3 Å². The first kappa shape index (κ1) is 17.5. The second kappa shape index (κ2) is 7.14. The monoisotopic (exact) mass is 396 g/mol. The molecular formula is C16H17BrN2O3S. The number of halogens is 1. The predicted octanol–water partition coefficient (Wildman–Crippen LogP) is 3.21. The molecule has 0 aliphatic rings. The number of nitrogens with one attached hydrogen (secondary N) is 2. The van der Waals surface area contributed by atoms with Crippen LogP contribution in [0.5, 0.6) is 0 Å². The van der Waals surface area contributed by atoms with Crippen LogP contribution in [0, 0.1) is 6.92 Å². The minimum atomic E-state index is -3.30. The zero-order valence-corrected chi connectivity index (χ0v) is 15.2. The number of carbonyl (C=O) groups excluding carboxylic acids is 1. The molecular weight excluding hydrogens is 380 g/mol. The van der Waals surface area contributed by atoms with Gasteiger partial charge in [-0.2, -0.15) is 0 Å². The first-order chi connectivity index (χ1) is 10.8. The van der Waals surface area contributed by atoms with Gasteiger partial charge in [0, 0.05) is 22.1 Å². The molecule has 0 bridgehead atoms. The summed E-state index contributed by atoms with van der Waals surface area (Å²) >= 11 is 3.39. The second-order valence-electron chi connectivity index (χ2n) is 5.16. The van der Waals surface area contributed by atoms with Gasteiger partial charge in [0.05, 0.1) is 11.4 Å². The summed E-state index contributed by atoms with van der Waals surface area (Å²) in [7, 11) is -3.30. The molecule has 2 aromatic carbocycles. The Balaban J connectivity index is 2.00. The lowest BCUT2D eigenvalue weighted by molar-refractivity contribution is -0.114. The zero-order chi connectivity index (χ0) is 17.0. The predicted molar refractivity (Wildman–Crippen MR) is 95.6 cm³/mol. The molecule has 5 nitrogen and oxygen atoms in total. The topological polar surface area (TPSA) is 75.3 Å². The van der Waals surface area contributed by atoms with E-state index < -0.39 is 9.84 Å². The quantitative estimate of drug-likeness (QED) is 0.813. The van der Waals surface area contributed by atoms with Gasteiger partial charge in [-0.15, -0.1) is 0 Å². The third-order valence-corrected chi connectivity index (χ3v) is 4.78. The third-order valence-electron chi connectivity index (χ3n) is 3.17. The van der Waals surface area contributed by atoms with Crippen LogP contribution in [0.15, 0.2) is 51.8 Å². The van der Waals surface area contributed by atoms with Crippen LogP contribution in [0.25, 0.3) is 0 Å². The average Bonchev–Trinajstić information content (AvgIpc) is 2.45. The fraction of sp³-hybridized carbons (Fsp3) is 0.188. The lowest BCUT2D eigenvalue weighted by Crippen LogP contribution is -2.22. The Bertz CT molecular complexity index is 835.